The summed E-state index contributed by atoms with van der Waals surface area (Å²) < 4.78 is 2.01. The summed E-state index contributed by atoms with van der Waals surface area (Å²) in [5, 5.41) is 8.19. The van der Waals surface area contributed by atoms with E-state index in [-0.39, 0.29) is 0 Å². The van der Waals surface area contributed by atoms with E-state index in [0.717, 1.165) is 18.1 Å². The van der Waals surface area contributed by atoms with Crippen LogP contribution in [0.1, 0.15) is 57.1 Å². The van der Waals surface area contributed by atoms with E-state index in [4.69, 9.17) is 11.6 Å². The molecule has 0 unspecified atom stereocenters. The average Bonchev–Trinajstić information content (AvgIpc) is 2.65. The molecule has 1 rings (SSSR count). The van der Waals surface area contributed by atoms with Gasteiger partial charge in [0.2, 0.25) is 0 Å². The van der Waals surface area contributed by atoms with Gasteiger partial charge >= 0.3 is 0 Å². The Balaban J connectivity index is 2.19. The first kappa shape index (κ1) is 13.5. The van der Waals surface area contributed by atoms with Crippen LogP contribution in [0.25, 0.3) is 0 Å². The van der Waals surface area contributed by atoms with Gasteiger partial charge in [0, 0.05) is 13.5 Å². The number of aromatic nitrogens is 3. The standard InChI is InChI=1S/C12H22ClN3/c1-3-4-5-6-7-8-9-11-14-15-12(10-13)16(11)2/h3-10H2,1-2H3. The van der Waals surface area contributed by atoms with Gasteiger partial charge in [0.05, 0.1) is 5.88 Å². The van der Waals surface area contributed by atoms with Crippen molar-refractivity contribution in [3.8, 4) is 0 Å². The van der Waals surface area contributed by atoms with Crippen LogP contribution in [0.4, 0.5) is 0 Å². The molecule has 0 aromatic carbocycles. The highest BCUT2D eigenvalue weighted by Crippen LogP contribution is 2.09. The number of hydrogen-bond acceptors (Lipinski definition) is 2. The highest BCUT2D eigenvalue weighted by atomic mass is 35.5. The summed E-state index contributed by atoms with van der Waals surface area (Å²) in [7, 11) is 1.99. The summed E-state index contributed by atoms with van der Waals surface area (Å²) in [4.78, 5) is 0. The maximum absolute atomic E-state index is 5.74. The molecule has 0 fully saturated rings. The second-order valence-corrected chi connectivity index (χ2v) is 4.51. The average molecular weight is 244 g/mol. The van der Waals surface area contributed by atoms with Crippen LogP contribution in [0.5, 0.6) is 0 Å². The first-order chi connectivity index (χ1) is 7.79. The Morgan fingerprint density at radius 3 is 2.25 bits per heavy atom. The van der Waals surface area contributed by atoms with E-state index in [0.29, 0.717) is 5.88 Å². The molecule has 1 heterocycles. The van der Waals surface area contributed by atoms with Gasteiger partial charge in [-0.3, -0.25) is 0 Å². The van der Waals surface area contributed by atoms with Crippen molar-refractivity contribution in [3.63, 3.8) is 0 Å². The van der Waals surface area contributed by atoms with Crippen LogP contribution in [-0.4, -0.2) is 14.8 Å². The lowest BCUT2D eigenvalue weighted by molar-refractivity contribution is 0.593. The van der Waals surface area contributed by atoms with Crippen LogP contribution < -0.4 is 0 Å². The summed E-state index contributed by atoms with van der Waals surface area (Å²) in [5.41, 5.74) is 0. The monoisotopic (exact) mass is 243 g/mol. The molecule has 1 aromatic heterocycles. The van der Waals surface area contributed by atoms with Gasteiger partial charge in [-0.1, -0.05) is 39.0 Å². The molecule has 1 aromatic rings. The molecule has 0 atom stereocenters. The lowest BCUT2D eigenvalue weighted by Gasteiger charge is -2.02. The summed E-state index contributed by atoms with van der Waals surface area (Å²) in [6, 6.07) is 0. The zero-order valence-electron chi connectivity index (χ0n) is 10.4. The predicted molar refractivity (Wildman–Crippen MR) is 67.6 cm³/mol. The van der Waals surface area contributed by atoms with Crippen LogP contribution in [0.3, 0.4) is 0 Å². The van der Waals surface area contributed by atoms with E-state index in [2.05, 4.69) is 17.1 Å². The molecule has 0 aliphatic rings. The minimum absolute atomic E-state index is 0.444. The molecule has 0 radical (unpaired) electrons. The molecule has 16 heavy (non-hydrogen) atoms. The van der Waals surface area contributed by atoms with E-state index in [1.165, 1.54) is 38.5 Å². The van der Waals surface area contributed by atoms with E-state index in [1.54, 1.807) is 0 Å². The molecular weight excluding hydrogens is 222 g/mol. The van der Waals surface area contributed by atoms with Crippen molar-refractivity contribution in [2.24, 2.45) is 7.05 Å². The van der Waals surface area contributed by atoms with E-state index in [1.807, 2.05) is 11.6 Å². The Morgan fingerprint density at radius 2 is 1.62 bits per heavy atom. The molecule has 4 heteroatoms. The third-order valence-corrected chi connectivity index (χ3v) is 3.17. The van der Waals surface area contributed by atoms with Crippen LogP contribution in [-0.2, 0) is 19.3 Å². The van der Waals surface area contributed by atoms with Gasteiger partial charge in [0.1, 0.15) is 11.6 Å². The third kappa shape index (κ3) is 4.12. The van der Waals surface area contributed by atoms with Crippen LogP contribution in [0.2, 0.25) is 0 Å². The summed E-state index contributed by atoms with van der Waals surface area (Å²) in [6.45, 7) is 2.24. The minimum Gasteiger partial charge on any atom is -0.317 e. The number of nitrogens with zero attached hydrogens (tertiary/aromatic N) is 3. The fourth-order valence-electron chi connectivity index (χ4n) is 1.80. The Kier molecular flexibility index (Phi) is 6.46. The molecule has 3 nitrogen and oxygen atoms in total. The Morgan fingerprint density at radius 1 is 1.00 bits per heavy atom. The number of unbranched alkanes of at least 4 members (excludes halogenated alkanes) is 5. The topological polar surface area (TPSA) is 30.7 Å². The highest BCUT2D eigenvalue weighted by Gasteiger charge is 2.06. The van der Waals surface area contributed by atoms with Gasteiger partial charge in [-0.05, 0) is 6.42 Å². The number of halogens is 1. The molecule has 0 amide bonds. The fraction of sp³-hybridized carbons (Fsp3) is 0.833. The summed E-state index contributed by atoms with van der Waals surface area (Å²) in [6.07, 6.45) is 8.90. The fourth-order valence-corrected chi connectivity index (χ4v) is 2.03. The van der Waals surface area contributed by atoms with Crippen molar-refractivity contribution in [2.45, 2.75) is 57.7 Å². The number of rotatable bonds is 8. The largest absolute Gasteiger partial charge is 0.317 e. The van der Waals surface area contributed by atoms with E-state index >= 15 is 0 Å². The zero-order valence-corrected chi connectivity index (χ0v) is 11.1. The van der Waals surface area contributed by atoms with Crippen molar-refractivity contribution in [3.05, 3.63) is 11.6 Å². The smallest absolute Gasteiger partial charge is 0.147 e. The maximum atomic E-state index is 5.74. The second-order valence-electron chi connectivity index (χ2n) is 4.24. The first-order valence-corrected chi connectivity index (χ1v) is 6.76. The first-order valence-electron chi connectivity index (χ1n) is 6.22. The van der Waals surface area contributed by atoms with Gasteiger partial charge in [0.15, 0.2) is 0 Å². The van der Waals surface area contributed by atoms with Crippen molar-refractivity contribution >= 4 is 11.6 Å². The zero-order chi connectivity index (χ0) is 11.8. The second kappa shape index (κ2) is 7.66. The maximum Gasteiger partial charge on any atom is 0.147 e. The van der Waals surface area contributed by atoms with Crippen molar-refractivity contribution in [2.75, 3.05) is 0 Å². The lowest BCUT2D eigenvalue weighted by Crippen LogP contribution is -2.01. The Hall–Kier alpha value is -0.570. The SMILES string of the molecule is CCCCCCCCc1nnc(CCl)n1C. The summed E-state index contributed by atoms with van der Waals surface area (Å²) >= 11 is 5.74. The minimum atomic E-state index is 0.444. The molecular formula is C12H22ClN3. The summed E-state index contributed by atoms with van der Waals surface area (Å²) in [5.74, 6) is 2.37. The van der Waals surface area contributed by atoms with Gasteiger partial charge in [-0.25, -0.2) is 0 Å². The Bertz CT molecular complexity index is 296. The number of aryl methyl sites for hydroxylation is 1. The van der Waals surface area contributed by atoms with E-state index < -0.39 is 0 Å². The molecule has 0 aliphatic carbocycles. The molecule has 0 saturated carbocycles. The van der Waals surface area contributed by atoms with E-state index in [9.17, 15) is 0 Å². The van der Waals surface area contributed by atoms with Gasteiger partial charge < -0.3 is 4.57 Å². The molecule has 0 spiro atoms. The normalized spacial score (nSPS) is 10.9. The lowest BCUT2D eigenvalue weighted by atomic mass is 10.1. The van der Waals surface area contributed by atoms with Crippen molar-refractivity contribution < 1.29 is 0 Å². The molecule has 0 saturated heterocycles. The molecule has 92 valence electrons. The van der Waals surface area contributed by atoms with Crippen LogP contribution in [0.15, 0.2) is 0 Å². The van der Waals surface area contributed by atoms with Gasteiger partial charge in [-0.2, -0.15) is 0 Å². The van der Waals surface area contributed by atoms with Gasteiger partial charge in [-0.15, -0.1) is 21.8 Å². The molecule has 0 bridgehead atoms. The molecule has 0 N–H and O–H groups in total. The van der Waals surface area contributed by atoms with Crippen molar-refractivity contribution in [1.29, 1.82) is 0 Å². The third-order valence-electron chi connectivity index (χ3n) is 2.93. The van der Waals surface area contributed by atoms with Gasteiger partial charge in [0.25, 0.3) is 0 Å². The quantitative estimate of drug-likeness (QED) is 0.517. The number of alkyl halides is 1. The predicted octanol–water partition coefficient (Wildman–Crippen LogP) is 3.46. The highest BCUT2D eigenvalue weighted by molar-refractivity contribution is 6.16. The number of hydrogen-bond donors (Lipinski definition) is 0. The molecule has 0 aliphatic heterocycles. The Labute approximate surface area is 103 Å². The van der Waals surface area contributed by atoms with Crippen LogP contribution in [0, 0.1) is 0 Å². The van der Waals surface area contributed by atoms with Crippen molar-refractivity contribution in [1.82, 2.24) is 14.8 Å². The van der Waals surface area contributed by atoms with Crippen LogP contribution >= 0.6 is 11.6 Å².